The van der Waals surface area contributed by atoms with Crippen LogP contribution in [0.25, 0.3) is 10.9 Å². The molecular weight excluding hydrogens is 553 g/mol. The fourth-order valence-electron chi connectivity index (χ4n) is 5.93. The molecule has 5 nitrogen and oxygen atoms in total. The van der Waals surface area contributed by atoms with Gasteiger partial charge in [-0.05, 0) is 96.7 Å². The zero-order chi connectivity index (χ0) is 28.3. The van der Waals surface area contributed by atoms with E-state index in [-0.39, 0.29) is 11.9 Å². The van der Waals surface area contributed by atoms with E-state index in [0.717, 1.165) is 48.0 Å². The minimum atomic E-state index is -0.306. The van der Waals surface area contributed by atoms with Gasteiger partial charge in [0.15, 0.2) is 0 Å². The number of aromatic amines is 1. The van der Waals surface area contributed by atoms with Crippen LogP contribution >= 0.6 is 23.2 Å². The third kappa shape index (κ3) is 6.03. The molecule has 7 heteroatoms. The molecule has 5 aromatic rings. The number of esters is 1. The van der Waals surface area contributed by atoms with Crippen LogP contribution in [-0.2, 0) is 11.3 Å². The van der Waals surface area contributed by atoms with Crippen LogP contribution in [0, 0.1) is 0 Å². The van der Waals surface area contributed by atoms with Gasteiger partial charge in [-0.3, -0.25) is 10.00 Å². The van der Waals surface area contributed by atoms with E-state index in [9.17, 15) is 4.79 Å². The molecule has 2 heterocycles. The lowest BCUT2D eigenvalue weighted by molar-refractivity contribution is 0.0600. The molecule has 4 aromatic carbocycles. The number of hydrogen-bond acceptors (Lipinski definition) is 4. The zero-order valence-corrected chi connectivity index (χ0v) is 24.3. The highest BCUT2D eigenvalue weighted by molar-refractivity contribution is 6.30. The summed E-state index contributed by atoms with van der Waals surface area (Å²) in [4.78, 5) is 14.2. The van der Waals surface area contributed by atoms with Crippen molar-refractivity contribution in [2.75, 3.05) is 20.2 Å². The number of halogens is 2. The van der Waals surface area contributed by atoms with Crippen molar-refractivity contribution in [2.24, 2.45) is 0 Å². The maximum Gasteiger partial charge on any atom is 0.337 e. The van der Waals surface area contributed by atoms with E-state index in [1.54, 1.807) is 0 Å². The van der Waals surface area contributed by atoms with Crippen LogP contribution in [-0.4, -0.2) is 41.3 Å². The van der Waals surface area contributed by atoms with E-state index in [0.29, 0.717) is 11.5 Å². The quantitative estimate of drug-likeness (QED) is 0.155. The topological polar surface area (TPSA) is 58.2 Å². The predicted molar refractivity (Wildman–Crippen MR) is 165 cm³/mol. The fraction of sp³-hybridized carbons (Fsp3) is 0.235. The van der Waals surface area contributed by atoms with Crippen molar-refractivity contribution in [1.29, 1.82) is 0 Å². The van der Waals surface area contributed by atoms with E-state index in [1.807, 2.05) is 48.5 Å². The Morgan fingerprint density at radius 1 is 0.878 bits per heavy atom. The van der Waals surface area contributed by atoms with Crippen LogP contribution in [0.1, 0.15) is 63.0 Å². The van der Waals surface area contributed by atoms with E-state index >= 15 is 0 Å². The summed E-state index contributed by atoms with van der Waals surface area (Å²) < 4.78 is 4.81. The lowest BCUT2D eigenvalue weighted by atomic mass is 9.84. The summed E-state index contributed by atoms with van der Waals surface area (Å²) in [6, 6.07) is 30.5. The largest absolute Gasteiger partial charge is 0.465 e. The molecule has 208 valence electrons. The summed E-state index contributed by atoms with van der Waals surface area (Å²) in [6.07, 6.45) is 2.11. The summed E-state index contributed by atoms with van der Waals surface area (Å²) in [5.74, 6) is 0.154. The SMILES string of the molecule is COC(=O)c1ccc(CN2CCC(c3[nH]nc4ccc(C(c5ccc(Cl)cc5)c5ccc(Cl)cc5)cc34)CC2)cc1. The summed E-state index contributed by atoms with van der Waals surface area (Å²) >= 11 is 12.5. The van der Waals surface area contributed by atoms with Crippen molar-refractivity contribution >= 4 is 40.1 Å². The van der Waals surface area contributed by atoms with Crippen LogP contribution in [0.15, 0.2) is 91.0 Å². The average molecular weight is 585 g/mol. The van der Waals surface area contributed by atoms with Crippen LogP contribution in [0.2, 0.25) is 10.0 Å². The minimum Gasteiger partial charge on any atom is -0.465 e. The third-order valence-electron chi connectivity index (χ3n) is 8.12. The van der Waals surface area contributed by atoms with Crippen LogP contribution < -0.4 is 0 Å². The van der Waals surface area contributed by atoms with E-state index in [2.05, 4.69) is 57.6 Å². The van der Waals surface area contributed by atoms with Gasteiger partial charge >= 0.3 is 5.97 Å². The standard InChI is InChI=1S/C34H31Cl2N3O2/c1-41-34(40)26-4-2-22(3-5-26)21-39-18-16-25(17-19-39)33-30-20-27(10-15-31(30)37-38-33)32(23-6-11-28(35)12-7-23)24-8-13-29(36)14-9-24/h2-15,20,25,32H,16-19,21H2,1H3,(H,37,38). The summed E-state index contributed by atoms with van der Waals surface area (Å²) in [5.41, 5.74) is 7.54. The molecule has 6 rings (SSSR count). The number of likely N-dealkylation sites (tertiary alicyclic amines) is 1. The van der Waals surface area contributed by atoms with Gasteiger partial charge in [-0.25, -0.2) is 4.79 Å². The second kappa shape index (κ2) is 12.1. The van der Waals surface area contributed by atoms with Crippen LogP contribution in [0.4, 0.5) is 0 Å². The maximum atomic E-state index is 11.7. The van der Waals surface area contributed by atoms with E-state index in [4.69, 9.17) is 27.9 Å². The van der Waals surface area contributed by atoms with Gasteiger partial charge in [0.1, 0.15) is 0 Å². The number of nitrogens with one attached hydrogen (secondary N) is 1. The normalized spacial score (nSPS) is 14.5. The number of piperidine rings is 1. The van der Waals surface area contributed by atoms with Gasteiger partial charge in [0.25, 0.3) is 0 Å². The fourth-order valence-corrected chi connectivity index (χ4v) is 6.18. The Labute approximate surface area is 250 Å². The molecule has 0 bridgehead atoms. The molecule has 0 saturated carbocycles. The van der Waals surface area contributed by atoms with Crippen molar-refractivity contribution in [2.45, 2.75) is 31.2 Å². The number of carbonyl (C=O) groups excluding carboxylic acids is 1. The van der Waals surface area contributed by atoms with Gasteiger partial charge in [-0.15, -0.1) is 0 Å². The van der Waals surface area contributed by atoms with Gasteiger partial charge in [0.05, 0.1) is 18.2 Å². The average Bonchev–Trinajstić information content (AvgIpc) is 3.43. The number of hydrogen-bond donors (Lipinski definition) is 1. The van der Waals surface area contributed by atoms with Gasteiger partial charge in [-0.2, -0.15) is 5.10 Å². The molecule has 0 unspecified atom stereocenters. The second-order valence-corrected chi connectivity index (χ2v) is 11.6. The summed E-state index contributed by atoms with van der Waals surface area (Å²) in [6.45, 7) is 2.87. The predicted octanol–water partition coefficient (Wildman–Crippen LogP) is 8.22. The number of methoxy groups -OCH3 is 1. The molecule has 1 fully saturated rings. The third-order valence-corrected chi connectivity index (χ3v) is 8.63. The van der Waals surface area contributed by atoms with Gasteiger partial charge in [0.2, 0.25) is 0 Å². The number of H-pyrrole nitrogens is 1. The molecule has 41 heavy (non-hydrogen) atoms. The van der Waals surface area contributed by atoms with Gasteiger partial charge < -0.3 is 4.74 Å². The molecule has 1 saturated heterocycles. The molecule has 1 N–H and O–H groups in total. The molecular formula is C34H31Cl2N3O2. The molecule has 1 aromatic heterocycles. The first-order valence-corrected chi connectivity index (χ1v) is 14.6. The number of carbonyl (C=O) groups is 1. The lowest BCUT2D eigenvalue weighted by Gasteiger charge is -2.31. The number of benzene rings is 4. The summed E-state index contributed by atoms with van der Waals surface area (Å²) in [5, 5.41) is 10.7. The van der Waals surface area contributed by atoms with Crippen molar-refractivity contribution in [3.05, 3.63) is 135 Å². The highest BCUT2D eigenvalue weighted by Gasteiger charge is 2.25. The second-order valence-electron chi connectivity index (χ2n) is 10.7. The van der Waals surface area contributed by atoms with Crippen molar-refractivity contribution in [3.63, 3.8) is 0 Å². The van der Waals surface area contributed by atoms with Crippen molar-refractivity contribution in [3.8, 4) is 0 Å². The molecule has 0 amide bonds. The molecule has 0 spiro atoms. The van der Waals surface area contributed by atoms with Crippen LogP contribution in [0.5, 0.6) is 0 Å². The number of rotatable bonds is 7. The monoisotopic (exact) mass is 583 g/mol. The highest BCUT2D eigenvalue weighted by Crippen LogP contribution is 2.37. The first kappa shape index (κ1) is 27.5. The van der Waals surface area contributed by atoms with Gasteiger partial charge in [0, 0.05) is 39.5 Å². The molecule has 1 aliphatic heterocycles. The Hall–Kier alpha value is -3.64. The molecule has 1 aliphatic rings. The van der Waals surface area contributed by atoms with E-state index < -0.39 is 0 Å². The Balaban J connectivity index is 1.22. The smallest absolute Gasteiger partial charge is 0.337 e. The van der Waals surface area contributed by atoms with Gasteiger partial charge in [-0.1, -0.05) is 65.7 Å². The Morgan fingerprint density at radius 3 is 2.05 bits per heavy atom. The first-order valence-electron chi connectivity index (χ1n) is 13.9. The summed E-state index contributed by atoms with van der Waals surface area (Å²) in [7, 11) is 1.40. The number of ether oxygens (including phenoxy) is 1. The first-order chi connectivity index (χ1) is 20.0. The highest BCUT2D eigenvalue weighted by atomic mass is 35.5. The van der Waals surface area contributed by atoms with Crippen LogP contribution in [0.3, 0.4) is 0 Å². The Kier molecular flexibility index (Phi) is 8.11. The van der Waals surface area contributed by atoms with E-state index in [1.165, 1.54) is 40.4 Å². The minimum absolute atomic E-state index is 0.0455. The Morgan fingerprint density at radius 2 is 1.46 bits per heavy atom. The number of fused-ring (bicyclic) bond motifs is 1. The zero-order valence-electron chi connectivity index (χ0n) is 22.8. The lowest BCUT2D eigenvalue weighted by Crippen LogP contribution is -2.32. The van der Waals surface area contributed by atoms with Crippen molar-refractivity contribution in [1.82, 2.24) is 15.1 Å². The molecule has 0 aliphatic carbocycles. The number of nitrogens with zero attached hydrogens (tertiary/aromatic N) is 2. The molecule has 0 radical (unpaired) electrons. The number of aromatic nitrogens is 2. The van der Waals surface area contributed by atoms with Crippen molar-refractivity contribution < 1.29 is 9.53 Å². The maximum absolute atomic E-state index is 11.7. The molecule has 0 atom stereocenters. The Bertz CT molecular complexity index is 1590.